The first kappa shape index (κ1) is 11.6. The lowest BCUT2D eigenvalue weighted by Crippen LogP contribution is -2.21. The summed E-state index contributed by atoms with van der Waals surface area (Å²) in [5.74, 6) is 0.0359. The smallest absolute Gasteiger partial charge is 0.219 e. The summed E-state index contributed by atoms with van der Waals surface area (Å²) in [4.78, 5) is 15.7. The number of amides is 1. The molecule has 0 spiro atoms. The van der Waals surface area contributed by atoms with Crippen LogP contribution in [-0.2, 0) is 11.3 Å². The van der Waals surface area contributed by atoms with Crippen molar-refractivity contribution in [2.75, 3.05) is 0 Å². The number of hydrogen-bond donors (Lipinski definition) is 1. The van der Waals surface area contributed by atoms with Gasteiger partial charge in [0, 0.05) is 29.9 Å². The number of nitrogens with zero attached hydrogens (tertiary/aromatic N) is 3. The van der Waals surface area contributed by atoms with Crippen LogP contribution in [0.15, 0.2) is 12.3 Å². The fourth-order valence-electron chi connectivity index (χ4n) is 1.76. The third-order valence-corrected chi connectivity index (χ3v) is 2.65. The van der Waals surface area contributed by atoms with Crippen LogP contribution in [0.25, 0.3) is 5.65 Å². The van der Waals surface area contributed by atoms with Gasteiger partial charge < -0.3 is 5.32 Å². The predicted molar refractivity (Wildman–Crippen MR) is 64.6 cm³/mol. The maximum Gasteiger partial charge on any atom is 0.219 e. The van der Waals surface area contributed by atoms with Gasteiger partial charge >= 0.3 is 0 Å². The number of hydrogen-bond acceptors (Lipinski definition) is 3. The summed E-state index contributed by atoms with van der Waals surface area (Å²) < 4.78 is 1.79. The summed E-state index contributed by atoms with van der Waals surface area (Å²) in [5, 5.41) is 7.10. The molecule has 17 heavy (non-hydrogen) atoms. The molecule has 90 valence electrons. The quantitative estimate of drug-likeness (QED) is 0.869. The largest absolute Gasteiger partial charge is 0.352 e. The number of carbonyl (C=O) groups is 1. The van der Waals surface area contributed by atoms with Gasteiger partial charge in [0.25, 0.3) is 0 Å². The molecule has 0 unspecified atom stereocenters. The molecule has 0 radical (unpaired) electrons. The fourth-order valence-corrected chi connectivity index (χ4v) is 1.76. The van der Waals surface area contributed by atoms with Crippen molar-refractivity contribution in [1.82, 2.24) is 19.9 Å². The lowest BCUT2D eigenvalue weighted by molar-refractivity contribution is -0.120. The summed E-state index contributed by atoms with van der Waals surface area (Å²) >= 11 is 0. The SMILES string of the molecule is CCC(=O)NCc1cnn2c(C)cc(C)nc12. The van der Waals surface area contributed by atoms with E-state index in [4.69, 9.17) is 0 Å². The Morgan fingerprint density at radius 3 is 2.94 bits per heavy atom. The molecule has 0 aliphatic heterocycles. The minimum Gasteiger partial charge on any atom is -0.352 e. The lowest BCUT2D eigenvalue weighted by atomic mass is 10.3. The van der Waals surface area contributed by atoms with Gasteiger partial charge in [-0.25, -0.2) is 9.50 Å². The molecule has 0 saturated heterocycles. The maximum absolute atomic E-state index is 11.2. The van der Waals surface area contributed by atoms with Crippen LogP contribution in [0.3, 0.4) is 0 Å². The zero-order chi connectivity index (χ0) is 12.4. The van der Waals surface area contributed by atoms with Gasteiger partial charge in [0.1, 0.15) is 0 Å². The van der Waals surface area contributed by atoms with Gasteiger partial charge in [-0.2, -0.15) is 5.10 Å². The zero-order valence-electron chi connectivity index (χ0n) is 10.3. The standard InChI is InChI=1S/C12H16N4O/c1-4-11(17)13-6-10-7-14-16-9(3)5-8(2)15-12(10)16/h5,7H,4,6H2,1-3H3,(H,13,17). The third kappa shape index (κ3) is 2.27. The molecule has 2 heterocycles. The third-order valence-electron chi connectivity index (χ3n) is 2.65. The average Bonchev–Trinajstić information content (AvgIpc) is 2.69. The van der Waals surface area contributed by atoms with Crippen molar-refractivity contribution in [2.45, 2.75) is 33.7 Å². The number of aryl methyl sites for hydroxylation is 2. The van der Waals surface area contributed by atoms with Crippen molar-refractivity contribution in [1.29, 1.82) is 0 Å². The van der Waals surface area contributed by atoms with E-state index in [-0.39, 0.29) is 5.91 Å². The van der Waals surface area contributed by atoms with Crippen molar-refractivity contribution in [3.63, 3.8) is 0 Å². The van der Waals surface area contributed by atoms with E-state index in [9.17, 15) is 4.79 Å². The van der Waals surface area contributed by atoms with E-state index in [0.717, 1.165) is 22.6 Å². The molecule has 1 amide bonds. The summed E-state index contributed by atoms with van der Waals surface area (Å²) in [6.07, 6.45) is 2.25. The van der Waals surface area contributed by atoms with Crippen molar-refractivity contribution in [3.8, 4) is 0 Å². The second-order valence-electron chi connectivity index (χ2n) is 4.07. The Morgan fingerprint density at radius 2 is 2.24 bits per heavy atom. The van der Waals surface area contributed by atoms with Crippen LogP contribution in [-0.4, -0.2) is 20.5 Å². The van der Waals surface area contributed by atoms with E-state index >= 15 is 0 Å². The van der Waals surface area contributed by atoms with Crippen LogP contribution in [0.4, 0.5) is 0 Å². The van der Waals surface area contributed by atoms with E-state index in [1.165, 1.54) is 0 Å². The Balaban J connectivity index is 2.32. The summed E-state index contributed by atoms with van der Waals surface area (Å²) in [6, 6.07) is 1.98. The second kappa shape index (κ2) is 4.53. The van der Waals surface area contributed by atoms with Gasteiger partial charge in [0.05, 0.1) is 6.20 Å². The van der Waals surface area contributed by atoms with Gasteiger partial charge in [-0.05, 0) is 19.9 Å². The number of rotatable bonds is 3. The summed E-state index contributed by atoms with van der Waals surface area (Å²) in [5.41, 5.74) is 3.76. The molecule has 5 nitrogen and oxygen atoms in total. The van der Waals surface area contributed by atoms with Crippen LogP contribution in [0.2, 0.25) is 0 Å². The highest BCUT2D eigenvalue weighted by atomic mass is 16.1. The second-order valence-corrected chi connectivity index (χ2v) is 4.07. The van der Waals surface area contributed by atoms with Crippen molar-refractivity contribution < 1.29 is 4.79 Å². The molecule has 2 aromatic rings. The Kier molecular flexibility index (Phi) is 3.08. The van der Waals surface area contributed by atoms with E-state index in [0.29, 0.717) is 13.0 Å². The van der Waals surface area contributed by atoms with E-state index < -0.39 is 0 Å². The molecule has 5 heteroatoms. The van der Waals surface area contributed by atoms with E-state index in [2.05, 4.69) is 15.4 Å². The highest BCUT2D eigenvalue weighted by Gasteiger charge is 2.08. The monoisotopic (exact) mass is 232 g/mol. The molecular formula is C12H16N4O. The molecule has 0 fully saturated rings. The Hall–Kier alpha value is -1.91. The van der Waals surface area contributed by atoms with Crippen LogP contribution in [0.1, 0.15) is 30.3 Å². The first-order valence-electron chi connectivity index (χ1n) is 5.69. The Labute approximate surface area is 99.9 Å². The minimum atomic E-state index is 0.0359. The fraction of sp³-hybridized carbons (Fsp3) is 0.417. The Bertz CT molecular complexity index is 559. The van der Waals surface area contributed by atoms with Crippen LogP contribution in [0.5, 0.6) is 0 Å². The molecule has 0 aromatic carbocycles. The predicted octanol–water partition coefficient (Wildman–Crippen LogP) is 1.37. The number of carbonyl (C=O) groups excluding carboxylic acids is 1. The molecule has 2 rings (SSSR count). The molecule has 0 aliphatic carbocycles. The zero-order valence-corrected chi connectivity index (χ0v) is 10.3. The van der Waals surface area contributed by atoms with Gasteiger partial charge in [-0.1, -0.05) is 6.92 Å². The lowest BCUT2D eigenvalue weighted by Gasteiger charge is -2.03. The molecule has 0 atom stereocenters. The van der Waals surface area contributed by atoms with E-state index in [1.807, 2.05) is 26.8 Å². The van der Waals surface area contributed by atoms with Gasteiger partial charge in [0.15, 0.2) is 5.65 Å². The number of fused-ring (bicyclic) bond motifs is 1. The first-order valence-corrected chi connectivity index (χ1v) is 5.69. The number of nitrogens with one attached hydrogen (secondary N) is 1. The maximum atomic E-state index is 11.2. The summed E-state index contributed by atoms with van der Waals surface area (Å²) in [7, 11) is 0. The normalized spacial score (nSPS) is 10.8. The van der Waals surface area contributed by atoms with Gasteiger partial charge in [0.2, 0.25) is 5.91 Å². The van der Waals surface area contributed by atoms with Gasteiger partial charge in [-0.3, -0.25) is 4.79 Å². The molecular weight excluding hydrogens is 216 g/mol. The molecule has 0 saturated carbocycles. The molecule has 0 bridgehead atoms. The van der Waals surface area contributed by atoms with Crippen LogP contribution < -0.4 is 5.32 Å². The molecule has 1 N–H and O–H groups in total. The average molecular weight is 232 g/mol. The van der Waals surface area contributed by atoms with Crippen LogP contribution >= 0.6 is 0 Å². The first-order chi connectivity index (χ1) is 8.11. The van der Waals surface area contributed by atoms with Gasteiger partial charge in [-0.15, -0.1) is 0 Å². The Morgan fingerprint density at radius 1 is 1.47 bits per heavy atom. The minimum absolute atomic E-state index is 0.0359. The topological polar surface area (TPSA) is 59.3 Å². The van der Waals surface area contributed by atoms with Crippen LogP contribution in [0, 0.1) is 13.8 Å². The molecule has 0 aliphatic rings. The highest BCUT2D eigenvalue weighted by molar-refractivity contribution is 5.75. The van der Waals surface area contributed by atoms with Crippen molar-refractivity contribution in [3.05, 3.63) is 29.2 Å². The highest BCUT2D eigenvalue weighted by Crippen LogP contribution is 2.11. The number of aromatic nitrogens is 3. The van der Waals surface area contributed by atoms with E-state index in [1.54, 1.807) is 10.7 Å². The molecule has 2 aromatic heterocycles. The summed E-state index contributed by atoms with van der Waals surface area (Å²) in [6.45, 7) is 6.25. The van der Waals surface area contributed by atoms with Crippen molar-refractivity contribution >= 4 is 11.6 Å². The van der Waals surface area contributed by atoms with Crippen molar-refractivity contribution in [2.24, 2.45) is 0 Å².